The molecule has 1 saturated heterocycles. The molecule has 0 bridgehead atoms. The van der Waals surface area contributed by atoms with Crippen LogP contribution in [0.4, 0.5) is 30.6 Å². The van der Waals surface area contributed by atoms with Crippen LogP contribution in [0.3, 0.4) is 0 Å². The van der Waals surface area contributed by atoms with E-state index in [1.54, 1.807) is 60.7 Å². The summed E-state index contributed by atoms with van der Waals surface area (Å²) in [5.41, 5.74) is 9.26. The van der Waals surface area contributed by atoms with Gasteiger partial charge in [-0.2, -0.15) is 0 Å². The highest BCUT2D eigenvalue weighted by Gasteiger charge is 2.28. The number of ether oxygens (including phenoxy) is 2. The van der Waals surface area contributed by atoms with Crippen LogP contribution in [0.1, 0.15) is 27.5 Å². The predicted octanol–water partition coefficient (Wildman–Crippen LogP) is 5.35. The fraction of sp³-hybridized carbons (Fsp3) is 0.188. The molecule has 4 aromatic rings. The molecule has 220 valence electrons. The Kier molecular flexibility index (Phi) is 7.80. The maximum Gasteiger partial charge on any atom is 0.323 e. The summed E-state index contributed by atoms with van der Waals surface area (Å²) >= 11 is 0. The Morgan fingerprint density at radius 1 is 0.744 bits per heavy atom. The predicted molar refractivity (Wildman–Crippen MR) is 159 cm³/mol. The number of piperazine rings is 1. The summed E-state index contributed by atoms with van der Waals surface area (Å²) in [6, 6.07) is 22.0. The Bertz CT molecular complexity index is 1600. The molecule has 2 heterocycles. The Balaban J connectivity index is 1.20. The Labute approximate surface area is 246 Å². The fourth-order valence-electron chi connectivity index (χ4n) is 5.45. The van der Waals surface area contributed by atoms with Crippen LogP contribution in [0.2, 0.25) is 0 Å². The van der Waals surface area contributed by atoms with Gasteiger partial charge in [-0.05, 0) is 65.7 Å². The van der Waals surface area contributed by atoms with Gasteiger partial charge in [0.25, 0.3) is 0 Å². The molecular weight excluding hydrogens is 556 g/mol. The molecule has 4 aromatic carbocycles. The highest BCUT2D eigenvalue weighted by Crippen LogP contribution is 2.35. The number of nitrogens with two attached hydrogens (primary N) is 1. The second kappa shape index (κ2) is 12.0. The number of benzene rings is 4. The number of fused-ring (bicyclic) bond motifs is 1. The average Bonchev–Trinajstić information content (AvgIpc) is 3.48. The van der Waals surface area contributed by atoms with Crippen molar-refractivity contribution in [2.75, 3.05) is 48.5 Å². The van der Waals surface area contributed by atoms with E-state index in [4.69, 9.17) is 15.2 Å². The molecule has 2 aliphatic heterocycles. The number of carbonyl (C=O) groups is 2. The van der Waals surface area contributed by atoms with Gasteiger partial charge in [0, 0.05) is 43.5 Å². The number of hydrogen-bond acceptors (Lipinski definition) is 6. The first-order chi connectivity index (χ1) is 20.8. The first-order valence-electron chi connectivity index (χ1n) is 13.8. The quantitative estimate of drug-likeness (QED) is 0.270. The van der Waals surface area contributed by atoms with Gasteiger partial charge in [0.15, 0.2) is 11.5 Å². The van der Waals surface area contributed by atoms with Gasteiger partial charge >= 0.3 is 6.03 Å². The van der Waals surface area contributed by atoms with Gasteiger partial charge in [-0.25, -0.2) is 13.6 Å². The molecule has 0 aliphatic carbocycles. The fourth-order valence-corrected chi connectivity index (χ4v) is 5.45. The standard InChI is InChI=1S/C32H29F2N5O4/c33-23-6-1-20(2-7-23)30(21-3-8-24(34)9-4-21)39-15-13-38(14-16-39)27-11-5-22(31(35)40)17-26(27)37-32(41)36-25-10-12-28-29(18-25)43-19-42-28/h1-12,17-18,30H,13-16,19H2,(H2,35,40)(H2,36,37,41). The first-order valence-corrected chi connectivity index (χ1v) is 13.8. The maximum absolute atomic E-state index is 13.7. The minimum atomic E-state index is -0.614. The average molecular weight is 586 g/mol. The molecule has 0 atom stereocenters. The third-order valence-corrected chi connectivity index (χ3v) is 7.55. The second-order valence-corrected chi connectivity index (χ2v) is 10.3. The van der Waals surface area contributed by atoms with Crippen LogP contribution in [-0.2, 0) is 0 Å². The van der Waals surface area contributed by atoms with Crippen molar-refractivity contribution >= 4 is 29.0 Å². The molecule has 0 aromatic heterocycles. The summed E-state index contributed by atoms with van der Waals surface area (Å²) in [7, 11) is 0. The van der Waals surface area contributed by atoms with Gasteiger partial charge in [-0.15, -0.1) is 0 Å². The van der Waals surface area contributed by atoms with Crippen LogP contribution in [0.15, 0.2) is 84.9 Å². The molecule has 2 aliphatic rings. The number of primary amides is 1. The lowest BCUT2D eigenvalue weighted by Crippen LogP contribution is -2.48. The highest BCUT2D eigenvalue weighted by molar-refractivity contribution is 6.03. The number of anilines is 3. The topological polar surface area (TPSA) is 109 Å². The van der Waals surface area contributed by atoms with E-state index in [1.807, 2.05) is 0 Å². The van der Waals surface area contributed by atoms with Crippen LogP contribution < -0.4 is 30.7 Å². The molecule has 3 amide bonds. The van der Waals surface area contributed by atoms with Crippen LogP contribution in [-0.4, -0.2) is 49.8 Å². The van der Waals surface area contributed by atoms with Crippen molar-refractivity contribution in [3.8, 4) is 11.5 Å². The number of carbonyl (C=O) groups excluding carboxylic acids is 2. The van der Waals surface area contributed by atoms with Gasteiger partial charge in [0.1, 0.15) is 11.6 Å². The monoisotopic (exact) mass is 585 g/mol. The minimum Gasteiger partial charge on any atom is -0.454 e. The normalized spacial score (nSPS) is 14.5. The summed E-state index contributed by atoms with van der Waals surface area (Å²) in [4.78, 5) is 29.3. The number of hydrogen-bond donors (Lipinski definition) is 3. The van der Waals surface area contributed by atoms with E-state index in [-0.39, 0.29) is 30.0 Å². The maximum atomic E-state index is 13.7. The Hall–Kier alpha value is -5.16. The number of rotatable bonds is 7. The molecular formula is C32H29F2N5O4. The van der Waals surface area contributed by atoms with Gasteiger partial charge in [-0.3, -0.25) is 9.69 Å². The number of nitrogens with zero attached hydrogens (tertiary/aromatic N) is 2. The van der Waals surface area contributed by atoms with E-state index in [9.17, 15) is 18.4 Å². The minimum absolute atomic E-state index is 0.121. The molecule has 0 radical (unpaired) electrons. The summed E-state index contributed by atoms with van der Waals surface area (Å²) in [5, 5.41) is 5.64. The van der Waals surface area contributed by atoms with E-state index >= 15 is 0 Å². The zero-order valence-corrected chi connectivity index (χ0v) is 23.1. The van der Waals surface area contributed by atoms with Crippen molar-refractivity contribution in [2.24, 2.45) is 5.73 Å². The van der Waals surface area contributed by atoms with Crippen LogP contribution in [0.5, 0.6) is 11.5 Å². The third-order valence-electron chi connectivity index (χ3n) is 7.55. The molecule has 9 nitrogen and oxygen atoms in total. The van der Waals surface area contributed by atoms with Crippen molar-refractivity contribution in [3.63, 3.8) is 0 Å². The smallest absolute Gasteiger partial charge is 0.323 e. The summed E-state index contributed by atoms with van der Waals surface area (Å²) in [5.74, 6) is -0.131. The second-order valence-electron chi connectivity index (χ2n) is 10.3. The summed E-state index contributed by atoms with van der Waals surface area (Å²) in [6.45, 7) is 2.55. The van der Waals surface area contributed by atoms with Gasteiger partial charge < -0.3 is 30.7 Å². The molecule has 4 N–H and O–H groups in total. The lowest BCUT2D eigenvalue weighted by Gasteiger charge is -2.41. The van der Waals surface area contributed by atoms with Crippen molar-refractivity contribution in [3.05, 3.63) is 113 Å². The summed E-state index contributed by atoms with van der Waals surface area (Å²) < 4.78 is 38.2. The van der Waals surface area contributed by atoms with E-state index in [0.717, 1.165) is 16.8 Å². The van der Waals surface area contributed by atoms with Crippen molar-refractivity contribution < 1.29 is 27.8 Å². The van der Waals surface area contributed by atoms with E-state index in [0.29, 0.717) is 49.1 Å². The van der Waals surface area contributed by atoms with Crippen molar-refractivity contribution in [2.45, 2.75) is 6.04 Å². The number of nitrogens with one attached hydrogen (secondary N) is 2. The summed E-state index contributed by atoms with van der Waals surface area (Å²) in [6.07, 6.45) is 0. The van der Waals surface area contributed by atoms with Crippen LogP contribution in [0, 0.1) is 11.6 Å². The first kappa shape index (κ1) is 28.0. The largest absolute Gasteiger partial charge is 0.454 e. The molecule has 6 rings (SSSR count). The molecule has 0 unspecified atom stereocenters. The third kappa shape index (κ3) is 6.21. The van der Waals surface area contributed by atoms with Crippen molar-refractivity contribution in [1.29, 1.82) is 0 Å². The Morgan fingerprint density at radius 3 is 2.00 bits per heavy atom. The molecule has 0 saturated carbocycles. The zero-order valence-electron chi connectivity index (χ0n) is 23.1. The molecule has 1 fully saturated rings. The Morgan fingerprint density at radius 2 is 1.37 bits per heavy atom. The van der Waals surface area contributed by atoms with E-state index in [1.165, 1.54) is 24.3 Å². The lowest BCUT2D eigenvalue weighted by atomic mass is 9.96. The number of urea groups is 1. The lowest BCUT2D eigenvalue weighted by molar-refractivity contribution is 0.1000. The van der Waals surface area contributed by atoms with E-state index < -0.39 is 11.9 Å². The van der Waals surface area contributed by atoms with Crippen LogP contribution >= 0.6 is 0 Å². The van der Waals surface area contributed by atoms with Crippen molar-refractivity contribution in [1.82, 2.24) is 4.90 Å². The molecule has 43 heavy (non-hydrogen) atoms. The zero-order chi connectivity index (χ0) is 29.9. The highest BCUT2D eigenvalue weighted by atomic mass is 19.1. The van der Waals surface area contributed by atoms with Gasteiger partial charge in [0.05, 0.1) is 17.4 Å². The van der Waals surface area contributed by atoms with Gasteiger partial charge in [-0.1, -0.05) is 24.3 Å². The number of amides is 3. The molecule has 0 spiro atoms. The van der Waals surface area contributed by atoms with E-state index in [2.05, 4.69) is 20.4 Å². The SMILES string of the molecule is NC(=O)c1ccc(N2CCN(C(c3ccc(F)cc3)c3ccc(F)cc3)CC2)c(NC(=O)Nc2ccc3c(c2)OCO3)c1. The van der Waals surface area contributed by atoms with Crippen LogP contribution in [0.25, 0.3) is 0 Å². The van der Waals surface area contributed by atoms with Gasteiger partial charge in [0.2, 0.25) is 12.7 Å². The number of halogens is 2. The molecule has 11 heteroatoms.